The monoisotopic (exact) mass is 526 g/mol. The second-order valence-corrected chi connectivity index (χ2v) is 10.3. The number of aliphatic hydroxyl groups excluding tert-OH is 1. The Morgan fingerprint density at radius 2 is 1.21 bits per heavy atom. The van der Waals surface area contributed by atoms with Crippen LogP contribution < -0.4 is 4.90 Å². The van der Waals surface area contributed by atoms with E-state index < -0.39 is 0 Å². The summed E-state index contributed by atoms with van der Waals surface area (Å²) in [6, 6.07) is 22.0. The van der Waals surface area contributed by atoms with Crippen molar-refractivity contribution in [2.45, 2.75) is 31.8 Å². The van der Waals surface area contributed by atoms with Crippen LogP contribution in [-0.4, -0.2) is 73.0 Å². The molecule has 3 aromatic carbocycles. The Balaban J connectivity index is 1.15. The van der Waals surface area contributed by atoms with Crippen LogP contribution in [0.4, 0.5) is 5.69 Å². The number of ketones is 2. The molecule has 5 rings (SSSR count). The van der Waals surface area contributed by atoms with Gasteiger partial charge in [-0.05, 0) is 48.2 Å². The van der Waals surface area contributed by atoms with Gasteiger partial charge in [0.15, 0.2) is 11.6 Å². The number of hydrogen-bond acceptors (Lipinski definition) is 6. The second kappa shape index (κ2) is 12.4. The smallest absolute Gasteiger partial charge is 0.227 e. The molecule has 2 fully saturated rings. The third-order valence-electron chi connectivity index (χ3n) is 7.53. The van der Waals surface area contributed by atoms with Crippen LogP contribution in [0.5, 0.6) is 0 Å². The first kappa shape index (κ1) is 26.8. The summed E-state index contributed by atoms with van der Waals surface area (Å²) in [4.78, 5) is 42.3. The van der Waals surface area contributed by atoms with Crippen molar-refractivity contribution >= 4 is 23.2 Å². The van der Waals surface area contributed by atoms with E-state index in [2.05, 4.69) is 4.90 Å². The highest BCUT2D eigenvalue weighted by atomic mass is 16.5. The summed E-state index contributed by atoms with van der Waals surface area (Å²) >= 11 is 0. The zero-order valence-corrected chi connectivity index (χ0v) is 22.1. The van der Waals surface area contributed by atoms with Gasteiger partial charge in [0.2, 0.25) is 5.91 Å². The molecular weight excluding hydrogens is 492 g/mol. The highest BCUT2D eigenvalue weighted by Gasteiger charge is 2.19. The van der Waals surface area contributed by atoms with E-state index in [9.17, 15) is 19.5 Å². The van der Waals surface area contributed by atoms with Crippen molar-refractivity contribution in [3.05, 3.63) is 101 Å². The fraction of sp³-hybridized carbons (Fsp3) is 0.344. The van der Waals surface area contributed by atoms with Gasteiger partial charge in [0.1, 0.15) is 0 Å². The van der Waals surface area contributed by atoms with Crippen LogP contribution in [0.2, 0.25) is 0 Å². The minimum Gasteiger partial charge on any atom is -0.393 e. The van der Waals surface area contributed by atoms with E-state index in [0.29, 0.717) is 49.4 Å². The Morgan fingerprint density at radius 1 is 0.692 bits per heavy atom. The van der Waals surface area contributed by atoms with E-state index in [4.69, 9.17) is 4.74 Å². The summed E-state index contributed by atoms with van der Waals surface area (Å²) in [5, 5.41) is 9.71. The molecule has 0 saturated carbocycles. The molecule has 7 heteroatoms. The fourth-order valence-corrected chi connectivity index (χ4v) is 5.08. The van der Waals surface area contributed by atoms with Gasteiger partial charge in [-0.15, -0.1) is 0 Å². The van der Waals surface area contributed by atoms with Gasteiger partial charge in [0, 0.05) is 55.0 Å². The number of rotatable bonds is 8. The molecule has 202 valence electrons. The van der Waals surface area contributed by atoms with Gasteiger partial charge in [-0.25, -0.2) is 0 Å². The van der Waals surface area contributed by atoms with Gasteiger partial charge in [-0.2, -0.15) is 0 Å². The van der Waals surface area contributed by atoms with Crippen LogP contribution in [0.1, 0.15) is 50.2 Å². The molecule has 0 radical (unpaired) electrons. The van der Waals surface area contributed by atoms with Crippen molar-refractivity contribution in [3.63, 3.8) is 0 Å². The summed E-state index contributed by atoms with van der Waals surface area (Å²) in [6.45, 7) is 4.02. The van der Waals surface area contributed by atoms with Crippen LogP contribution in [0.3, 0.4) is 0 Å². The number of amides is 1. The van der Waals surface area contributed by atoms with E-state index >= 15 is 0 Å². The highest BCUT2D eigenvalue weighted by Crippen LogP contribution is 2.21. The van der Waals surface area contributed by atoms with Crippen LogP contribution in [0.25, 0.3) is 0 Å². The lowest BCUT2D eigenvalue weighted by atomic mass is 9.98. The molecule has 1 amide bonds. The Labute approximate surface area is 229 Å². The minimum absolute atomic E-state index is 0.0249. The zero-order chi connectivity index (χ0) is 27.2. The molecule has 0 bridgehead atoms. The van der Waals surface area contributed by atoms with E-state index in [-0.39, 0.29) is 30.0 Å². The van der Waals surface area contributed by atoms with Crippen LogP contribution >= 0.6 is 0 Å². The van der Waals surface area contributed by atoms with Crippen LogP contribution in [0.15, 0.2) is 72.8 Å². The molecule has 1 N–H and O–H groups in total. The summed E-state index contributed by atoms with van der Waals surface area (Å²) in [5.41, 5.74) is 4.56. The maximum Gasteiger partial charge on any atom is 0.227 e. The number of morpholine rings is 1. The number of nitrogens with zero attached hydrogens (tertiary/aromatic N) is 2. The summed E-state index contributed by atoms with van der Waals surface area (Å²) in [7, 11) is 0. The quantitative estimate of drug-likeness (QED) is 0.451. The third-order valence-corrected chi connectivity index (χ3v) is 7.53. The number of piperidine rings is 1. The molecule has 7 nitrogen and oxygen atoms in total. The largest absolute Gasteiger partial charge is 0.393 e. The number of aliphatic hydroxyl groups is 1. The van der Waals surface area contributed by atoms with Crippen molar-refractivity contribution in [1.29, 1.82) is 0 Å². The molecule has 2 aliphatic rings. The molecule has 39 heavy (non-hydrogen) atoms. The average molecular weight is 527 g/mol. The SMILES string of the molecule is O=C(Cc1ccc(C(=O)c2ccc(CC(=O)N3CCOCC3)cc2)cc1)c1ccc(N2CCC(O)CC2)cc1. The summed E-state index contributed by atoms with van der Waals surface area (Å²) < 4.78 is 5.30. The molecule has 2 heterocycles. The molecule has 0 unspecified atom stereocenters. The standard InChI is InChI=1S/C32H34N2O5/c35-29-13-15-33(16-14-29)28-11-9-25(10-12-28)30(36)21-23-1-5-26(6-2-23)32(38)27-7-3-24(4-8-27)22-31(37)34-17-19-39-20-18-34/h1-12,29,35H,13-22H2. The topological polar surface area (TPSA) is 87.2 Å². The first-order valence-electron chi connectivity index (χ1n) is 13.6. The molecule has 2 saturated heterocycles. The van der Waals surface area contributed by atoms with Gasteiger partial charge in [0.25, 0.3) is 0 Å². The van der Waals surface area contributed by atoms with Crippen molar-refractivity contribution in [1.82, 2.24) is 4.90 Å². The molecule has 0 atom stereocenters. The van der Waals surface area contributed by atoms with Crippen molar-refractivity contribution < 1.29 is 24.2 Å². The number of Topliss-reactive ketones (excluding diaryl/α,β-unsaturated/α-hetero) is 1. The normalized spacial score (nSPS) is 16.2. The van der Waals surface area contributed by atoms with Gasteiger partial charge in [0.05, 0.1) is 25.7 Å². The minimum atomic E-state index is -0.216. The third kappa shape index (κ3) is 6.80. The van der Waals surface area contributed by atoms with Gasteiger partial charge < -0.3 is 19.6 Å². The first-order valence-corrected chi connectivity index (χ1v) is 13.6. The zero-order valence-electron chi connectivity index (χ0n) is 22.1. The summed E-state index contributed by atoms with van der Waals surface area (Å²) in [6.07, 6.45) is 1.88. The van der Waals surface area contributed by atoms with E-state index in [0.717, 1.165) is 42.7 Å². The van der Waals surface area contributed by atoms with Gasteiger partial charge in [-0.3, -0.25) is 14.4 Å². The number of carbonyl (C=O) groups excluding carboxylic acids is 3. The van der Waals surface area contributed by atoms with Crippen molar-refractivity contribution in [2.24, 2.45) is 0 Å². The molecule has 2 aliphatic heterocycles. The Kier molecular flexibility index (Phi) is 8.49. The molecular formula is C32H34N2O5. The summed E-state index contributed by atoms with van der Waals surface area (Å²) in [5.74, 6) is -0.00199. The predicted octanol–water partition coefficient (Wildman–Crippen LogP) is 3.71. The van der Waals surface area contributed by atoms with Crippen LogP contribution in [0, 0.1) is 0 Å². The molecule has 0 aromatic heterocycles. The number of ether oxygens (including phenoxy) is 1. The lowest BCUT2D eigenvalue weighted by Gasteiger charge is -2.31. The Hall–Kier alpha value is -3.81. The maximum atomic E-state index is 13.0. The van der Waals surface area contributed by atoms with E-state index in [1.165, 1.54) is 0 Å². The van der Waals surface area contributed by atoms with Crippen molar-refractivity contribution in [3.8, 4) is 0 Å². The van der Waals surface area contributed by atoms with Crippen molar-refractivity contribution in [2.75, 3.05) is 44.3 Å². The highest BCUT2D eigenvalue weighted by molar-refractivity contribution is 6.09. The second-order valence-electron chi connectivity index (χ2n) is 10.3. The molecule has 0 spiro atoms. The average Bonchev–Trinajstić information content (AvgIpc) is 2.98. The number of carbonyl (C=O) groups is 3. The lowest BCUT2D eigenvalue weighted by Crippen LogP contribution is -2.41. The molecule has 0 aliphatic carbocycles. The number of benzene rings is 3. The van der Waals surface area contributed by atoms with Crippen LogP contribution in [-0.2, 0) is 22.4 Å². The van der Waals surface area contributed by atoms with Gasteiger partial charge >= 0.3 is 0 Å². The first-order chi connectivity index (χ1) is 19.0. The maximum absolute atomic E-state index is 13.0. The number of hydrogen-bond donors (Lipinski definition) is 1. The molecule has 3 aromatic rings. The lowest BCUT2D eigenvalue weighted by molar-refractivity contribution is -0.134. The number of anilines is 1. The predicted molar refractivity (Wildman–Crippen MR) is 149 cm³/mol. The Morgan fingerprint density at radius 3 is 1.77 bits per heavy atom. The van der Waals surface area contributed by atoms with E-state index in [1.54, 1.807) is 24.3 Å². The van der Waals surface area contributed by atoms with E-state index in [1.807, 2.05) is 53.4 Å². The Bertz CT molecular complexity index is 1290. The van der Waals surface area contributed by atoms with Gasteiger partial charge in [-0.1, -0.05) is 48.5 Å². The fourth-order valence-electron chi connectivity index (χ4n) is 5.08.